The van der Waals surface area contributed by atoms with Gasteiger partial charge in [-0.1, -0.05) is 11.8 Å². The summed E-state index contributed by atoms with van der Waals surface area (Å²) in [4.78, 5) is 11.6. The summed E-state index contributed by atoms with van der Waals surface area (Å²) in [7, 11) is 1.60. The Bertz CT molecular complexity index is 372. The Labute approximate surface area is 110 Å². The monoisotopic (exact) mass is 274 g/mol. The van der Waals surface area contributed by atoms with Gasteiger partial charge in [-0.05, 0) is 17.4 Å². The minimum absolute atomic E-state index is 0.0110. The van der Waals surface area contributed by atoms with Crippen LogP contribution in [0.2, 0.25) is 0 Å². The van der Waals surface area contributed by atoms with Crippen LogP contribution in [0.3, 0.4) is 0 Å². The number of carbonyl (C=O) groups excluding carboxylic acids is 1. The number of tetrazole rings is 1. The smallest absolute Gasteiger partial charge is 0.230 e. The second kappa shape index (κ2) is 8.01. The summed E-state index contributed by atoms with van der Waals surface area (Å²) >= 11 is 1.28. The van der Waals surface area contributed by atoms with Gasteiger partial charge < -0.3 is 15.8 Å². The summed E-state index contributed by atoms with van der Waals surface area (Å²) in [6.45, 7) is 3.36. The number of nitrogens with one attached hydrogen (secondary N) is 1. The van der Waals surface area contributed by atoms with E-state index in [9.17, 15) is 4.79 Å². The lowest BCUT2D eigenvalue weighted by atomic mass is 10.3. The molecule has 9 heteroatoms. The van der Waals surface area contributed by atoms with Crippen LogP contribution >= 0.6 is 11.8 Å². The van der Waals surface area contributed by atoms with Crippen LogP contribution in [-0.4, -0.2) is 58.2 Å². The quantitative estimate of drug-likeness (QED) is 0.578. The summed E-state index contributed by atoms with van der Waals surface area (Å²) in [5.41, 5.74) is 5.42. The molecule has 1 rings (SSSR count). The highest BCUT2D eigenvalue weighted by Gasteiger charge is 2.11. The zero-order valence-electron chi connectivity index (χ0n) is 10.5. The predicted octanol–water partition coefficient (Wildman–Crippen LogP) is -1.12. The van der Waals surface area contributed by atoms with E-state index in [0.717, 1.165) is 0 Å². The first-order valence-electron chi connectivity index (χ1n) is 5.54. The van der Waals surface area contributed by atoms with E-state index in [1.54, 1.807) is 11.8 Å². The fraction of sp³-hybridized carbons (Fsp3) is 0.778. The lowest BCUT2D eigenvalue weighted by Crippen LogP contribution is -2.36. The predicted molar refractivity (Wildman–Crippen MR) is 67.1 cm³/mol. The van der Waals surface area contributed by atoms with E-state index >= 15 is 0 Å². The van der Waals surface area contributed by atoms with Gasteiger partial charge in [0.05, 0.1) is 18.9 Å². The van der Waals surface area contributed by atoms with Gasteiger partial charge in [-0.3, -0.25) is 4.79 Å². The number of aromatic nitrogens is 4. The van der Waals surface area contributed by atoms with Crippen LogP contribution in [-0.2, 0) is 16.1 Å². The number of rotatable bonds is 8. The second-order valence-electron chi connectivity index (χ2n) is 3.69. The molecular weight excluding hydrogens is 256 g/mol. The average molecular weight is 274 g/mol. The number of hydrogen-bond donors (Lipinski definition) is 2. The molecule has 8 nitrogen and oxygen atoms in total. The van der Waals surface area contributed by atoms with Crippen molar-refractivity contribution >= 4 is 17.7 Å². The molecule has 1 aromatic heterocycles. The SMILES string of the molecule is COCC(C)NC(=O)CSc1nnnn1CCN. The van der Waals surface area contributed by atoms with E-state index in [2.05, 4.69) is 20.8 Å². The molecule has 3 N–H and O–H groups in total. The van der Waals surface area contributed by atoms with Crippen LogP contribution in [0.5, 0.6) is 0 Å². The Hall–Kier alpha value is -1.19. The van der Waals surface area contributed by atoms with Crippen LogP contribution in [0.15, 0.2) is 5.16 Å². The third-order valence-electron chi connectivity index (χ3n) is 2.00. The number of nitrogens with zero attached hydrogens (tertiary/aromatic N) is 4. The maximum absolute atomic E-state index is 11.6. The van der Waals surface area contributed by atoms with Crippen LogP contribution < -0.4 is 11.1 Å². The average Bonchev–Trinajstić information content (AvgIpc) is 2.75. The fourth-order valence-corrected chi connectivity index (χ4v) is 2.02. The van der Waals surface area contributed by atoms with Gasteiger partial charge >= 0.3 is 0 Å². The molecule has 0 saturated heterocycles. The standard InChI is InChI=1S/C9H18N6O2S/c1-7(5-17-2)11-8(16)6-18-9-12-13-14-15(9)4-3-10/h7H,3-6,10H2,1-2H3,(H,11,16). The van der Waals surface area contributed by atoms with Crippen molar-refractivity contribution in [2.75, 3.05) is 26.0 Å². The summed E-state index contributed by atoms with van der Waals surface area (Å²) in [6.07, 6.45) is 0. The van der Waals surface area contributed by atoms with Crippen molar-refractivity contribution in [3.8, 4) is 0 Å². The topological polar surface area (TPSA) is 108 Å². The molecule has 0 radical (unpaired) electrons. The molecule has 1 heterocycles. The van der Waals surface area contributed by atoms with Crippen molar-refractivity contribution in [3.63, 3.8) is 0 Å². The highest BCUT2D eigenvalue weighted by molar-refractivity contribution is 7.99. The van der Waals surface area contributed by atoms with Crippen molar-refractivity contribution in [1.82, 2.24) is 25.5 Å². The maximum atomic E-state index is 11.6. The van der Waals surface area contributed by atoms with Gasteiger partial charge in [0, 0.05) is 19.7 Å². The van der Waals surface area contributed by atoms with E-state index in [1.165, 1.54) is 11.8 Å². The van der Waals surface area contributed by atoms with Gasteiger partial charge in [-0.25, -0.2) is 4.68 Å². The normalized spacial score (nSPS) is 12.4. The van der Waals surface area contributed by atoms with Gasteiger partial charge in [-0.15, -0.1) is 5.10 Å². The first-order valence-corrected chi connectivity index (χ1v) is 6.53. The zero-order chi connectivity index (χ0) is 13.4. The summed E-state index contributed by atoms with van der Waals surface area (Å²) in [5.74, 6) is 0.186. The van der Waals surface area contributed by atoms with Crippen molar-refractivity contribution in [3.05, 3.63) is 0 Å². The van der Waals surface area contributed by atoms with Crippen LogP contribution in [0, 0.1) is 0 Å². The fourth-order valence-electron chi connectivity index (χ4n) is 1.30. The molecule has 0 aromatic carbocycles. The van der Waals surface area contributed by atoms with Crippen LogP contribution in [0.25, 0.3) is 0 Å². The molecule has 0 fully saturated rings. The van der Waals surface area contributed by atoms with Gasteiger partial charge in [0.25, 0.3) is 0 Å². The number of methoxy groups -OCH3 is 1. The zero-order valence-corrected chi connectivity index (χ0v) is 11.3. The molecule has 102 valence electrons. The number of hydrogen-bond acceptors (Lipinski definition) is 7. The van der Waals surface area contributed by atoms with Crippen molar-refractivity contribution in [2.45, 2.75) is 24.7 Å². The molecule has 1 atom stereocenters. The van der Waals surface area contributed by atoms with Gasteiger partial charge in [0.15, 0.2) is 0 Å². The van der Waals surface area contributed by atoms with Gasteiger partial charge in [0.2, 0.25) is 11.1 Å². The number of thioether (sulfide) groups is 1. The Morgan fingerprint density at radius 3 is 3.11 bits per heavy atom. The molecule has 0 spiro atoms. The molecule has 0 aliphatic carbocycles. The van der Waals surface area contributed by atoms with E-state index in [4.69, 9.17) is 10.5 Å². The molecule has 0 aliphatic rings. The maximum Gasteiger partial charge on any atom is 0.230 e. The van der Waals surface area contributed by atoms with E-state index < -0.39 is 0 Å². The Morgan fingerprint density at radius 2 is 2.44 bits per heavy atom. The van der Waals surface area contributed by atoms with Crippen LogP contribution in [0.1, 0.15) is 6.92 Å². The molecule has 18 heavy (non-hydrogen) atoms. The Balaban J connectivity index is 2.35. The lowest BCUT2D eigenvalue weighted by Gasteiger charge is -2.12. The number of nitrogens with two attached hydrogens (primary N) is 1. The van der Waals surface area contributed by atoms with E-state index in [1.807, 2.05) is 6.92 Å². The van der Waals surface area contributed by atoms with E-state index in [0.29, 0.717) is 24.9 Å². The number of ether oxygens (including phenoxy) is 1. The minimum Gasteiger partial charge on any atom is -0.383 e. The third kappa shape index (κ3) is 4.98. The third-order valence-corrected chi connectivity index (χ3v) is 2.95. The highest BCUT2D eigenvalue weighted by atomic mass is 32.2. The largest absolute Gasteiger partial charge is 0.383 e. The molecule has 1 unspecified atom stereocenters. The van der Waals surface area contributed by atoms with Gasteiger partial charge in [-0.2, -0.15) is 0 Å². The highest BCUT2D eigenvalue weighted by Crippen LogP contribution is 2.12. The molecule has 0 saturated carbocycles. The second-order valence-corrected chi connectivity index (χ2v) is 4.63. The summed E-state index contributed by atoms with van der Waals surface area (Å²) < 4.78 is 6.51. The molecule has 0 bridgehead atoms. The van der Waals surface area contributed by atoms with Gasteiger partial charge in [0.1, 0.15) is 0 Å². The summed E-state index contributed by atoms with van der Waals surface area (Å²) in [6, 6.07) is -0.0110. The van der Waals surface area contributed by atoms with Crippen molar-refractivity contribution < 1.29 is 9.53 Å². The van der Waals surface area contributed by atoms with Crippen molar-refractivity contribution in [1.29, 1.82) is 0 Å². The van der Waals surface area contributed by atoms with E-state index in [-0.39, 0.29) is 17.7 Å². The Morgan fingerprint density at radius 1 is 1.67 bits per heavy atom. The lowest BCUT2D eigenvalue weighted by molar-refractivity contribution is -0.119. The molecular formula is C9H18N6O2S. The summed E-state index contributed by atoms with van der Waals surface area (Å²) in [5, 5.41) is 14.5. The number of carbonyl (C=O) groups is 1. The van der Waals surface area contributed by atoms with Crippen molar-refractivity contribution in [2.24, 2.45) is 5.73 Å². The first kappa shape index (κ1) is 14.9. The molecule has 1 amide bonds. The number of amides is 1. The Kier molecular flexibility index (Phi) is 6.61. The minimum atomic E-state index is -0.0770. The molecule has 0 aliphatic heterocycles. The first-order chi connectivity index (χ1) is 8.67. The van der Waals surface area contributed by atoms with Crippen LogP contribution in [0.4, 0.5) is 0 Å². The molecule has 1 aromatic rings.